The fourth-order valence-electron chi connectivity index (χ4n) is 3.99. The van der Waals surface area contributed by atoms with Crippen molar-refractivity contribution in [2.75, 3.05) is 5.32 Å². The van der Waals surface area contributed by atoms with Crippen LogP contribution in [0.1, 0.15) is 24.5 Å². The van der Waals surface area contributed by atoms with Crippen molar-refractivity contribution in [3.8, 4) is 0 Å². The first kappa shape index (κ1) is 19.0. The minimum atomic E-state index is -1.05. The minimum absolute atomic E-state index is 0.186. The van der Waals surface area contributed by atoms with Crippen molar-refractivity contribution in [1.82, 2.24) is 0 Å². The van der Waals surface area contributed by atoms with Crippen LogP contribution in [0.3, 0.4) is 0 Å². The molecule has 28 heavy (non-hydrogen) atoms. The lowest BCUT2D eigenvalue weighted by Crippen LogP contribution is -2.30. The maximum atomic E-state index is 13.0. The fraction of sp³-hybridized carbons (Fsp3) is 0.273. The van der Waals surface area contributed by atoms with Crippen molar-refractivity contribution in [2.45, 2.75) is 18.9 Å². The minimum Gasteiger partial charge on any atom is -0.447 e. The van der Waals surface area contributed by atoms with Crippen molar-refractivity contribution >= 4 is 40.8 Å². The van der Waals surface area contributed by atoms with Gasteiger partial charge in [-0.2, -0.15) is 0 Å². The first-order valence-corrected chi connectivity index (χ1v) is 9.96. The average molecular weight is 416 g/mol. The number of amides is 1. The highest BCUT2D eigenvalue weighted by Gasteiger charge is 2.42. The van der Waals surface area contributed by atoms with E-state index in [1.54, 1.807) is 42.5 Å². The van der Waals surface area contributed by atoms with Crippen LogP contribution in [0.2, 0.25) is 10.0 Å². The summed E-state index contributed by atoms with van der Waals surface area (Å²) in [6, 6.07) is 13.8. The van der Waals surface area contributed by atoms with Crippen LogP contribution < -0.4 is 5.32 Å². The molecule has 1 N–H and O–H groups in total. The molecular weight excluding hydrogens is 397 g/mol. The van der Waals surface area contributed by atoms with E-state index in [0.717, 1.165) is 12.8 Å². The topological polar surface area (TPSA) is 55.4 Å². The van der Waals surface area contributed by atoms with Crippen LogP contribution in [0, 0.1) is 17.8 Å². The van der Waals surface area contributed by atoms with E-state index < -0.39 is 12.0 Å². The Bertz CT molecular complexity index is 908. The van der Waals surface area contributed by atoms with Crippen molar-refractivity contribution in [1.29, 1.82) is 0 Å². The number of rotatable bonds is 5. The molecule has 0 saturated heterocycles. The number of benzene rings is 2. The maximum Gasteiger partial charge on any atom is 0.310 e. The third-order valence-electron chi connectivity index (χ3n) is 5.29. The number of ether oxygens (including phenoxy) is 1. The number of carbonyl (C=O) groups excluding carboxylic acids is 2. The van der Waals surface area contributed by atoms with Gasteiger partial charge in [-0.25, -0.2) is 0 Å². The molecule has 1 amide bonds. The van der Waals surface area contributed by atoms with E-state index in [1.807, 2.05) is 6.07 Å². The van der Waals surface area contributed by atoms with E-state index in [-0.39, 0.29) is 17.8 Å². The summed E-state index contributed by atoms with van der Waals surface area (Å²) in [5.74, 6) is -0.305. The maximum absolute atomic E-state index is 13.0. The number of fused-ring (bicyclic) bond motifs is 2. The lowest BCUT2D eigenvalue weighted by Gasteiger charge is -2.22. The van der Waals surface area contributed by atoms with E-state index >= 15 is 0 Å². The van der Waals surface area contributed by atoms with Gasteiger partial charge in [-0.1, -0.05) is 65.7 Å². The monoisotopic (exact) mass is 415 g/mol. The molecule has 2 bridgehead atoms. The largest absolute Gasteiger partial charge is 0.447 e. The summed E-state index contributed by atoms with van der Waals surface area (Å²) in [5, 5.41) is 3.57. The Hall–Kier alpha value is -2.30. The van der Waals surface area contributed by atoms with Crippen LogP contribution in [-0.2, 0) is 14.3 Å². The Kier molecular flexibility index (Phi) is 5.42. The molecule has 0 spiro atoms. The summed E-state index contributed by atoms with van der Waals surface area (Å²) < 4.78 is 5.72. The molecule has 1 fully saturated rings. The third-order valence-corrected chi connectivity index (χ3v) is 5.72. The zero-order valence-electron chi connectivity index (χ0n) is 15.0. The number of carbonyl (C=O) groups is 2. The number of esters is 1. The fourth-order valence-corrected chi connectivity index (χ4v) is 4.52. The van der Waals surface area contributed by atoms with Gasteiger partial charge in [0.05, 0.1) is 5.92 Å². The summed E-state index contributed by atoms with van der Waals surface area (Å²) in [5.41, 5.74) is 1.06. The lowest BCUT2D eigenvalue weighted by atomic mass is 9.93. The Labute approximate surface area is 173 Å². The van der Waals surface area contributed by atoms with Gasteiger partial charge in [0.1, 0.15) is 0 Å². The number of allylic oxidation sites excluding steroid dienone is 2. The van der Waals surface area contributed by atoms with Crippen molar-refractivity contribution in [3.05, 3.63) is 76.3 Å². The summed E-state index contributed by atoms with van der Waals surface area (Å²) in [6.45, 7) is 0. The van der Waals surface area contributed by atoms with Crippen molar-refractivity contribution < 1.29 is 14.3 Å². The molecule has 0 aromatic heterocycles. The second kappa shape index (κ2) is 7.98. The lowest BCUT2D eigenvalue weighted by molar-refractivity contribution is -0.159. The molecule has 2 aromatic carbocycles. The third kappa shape index (κ3) is 4.08. The molecular formula is C22H19Cl2NO3. The molecule has 1 saturated carbocycles. The predicted octanol–water partition coefficient (Wildman–Crippen LogP) is 5.43. The quantitative estimate of drug-likeness (QED) is 0.523. The second-order valence-corrected chi connectivity index (χ2v) is 8.13. The second-order valence-electron chi connectivity index (χ2n) is 7.26. The summed E-state index contributed by atoms with van der Waals surface area (Å²) in [4.78, 5) is 25.8. The van der Waals surface area contributed by atoms with Crippen molar-refractivity contribution in [2.24, 2.45) is 17.8 Å². The molecule has 4 nitrogen and oxygen atoms in total. The molecule has 0 radical (unpaired) electrons. The molecule has 2 aliphatic rings. The SMILES string of the molecule is O=C(Nc1cc(Cl)cc(Cl)c1)C(OC(=O)C1CC2C=CC1C2)c1ccccc1. The molecule has 0 aliphatic heterocycles. The Morgan fingerprint density at radius 3 is 2.32 bits per heavy atom. The molecule has 2 aromatic rings. The summed E-state index contributed by atoms with van der Waals surface area (Å²) >= 11 is 12.0. The normalized spacial score (nSPS) is 23.4. The van der Waals surface area contributed by atoms with E-state index in [4.69, 9.17) is 27.9 Å². The van der Waals surface area contributed by atoms with Gasteiger partial charge in [-0.05, 0) is 42.9 Å². The number of halogens is 2. The highest BCUT2D eigenvalue weighted by atomic mass is 35.5. The number of anilines is 1. The smallest absolute Gasteiger partial charge is 0.310 e. The number of hydrogen-bond acceptors (Lipinski definition) is 3. The van der Waals surface area contributed by atoms with E-state index in [9.17, 15) is 9.59 Å². The van der Waals surface area contributed by atoms with E-state index in [0.29, 0.717) is 27.2 Å². The van der Waals surface area contributed by atoms with Crippen LogP contribution in [0.15, 0.2) is 60.7 Å². The standard InChI is InChI=1S/C22H19Cl2NO3/c23-16-10-17(24)12-18(11-16)25-21(26)20(14-4-2-1-3-5-14)28-22(27)19-9-13-6-7-15(19)8-13/h1-7,10-13,15,19-20H,8-9H2,(H,25,26). The van der Waals surface area contributed by atoms with Gasteiger partial charge in [0.2, 0.25) is 6.10 Å². The molecule has 0 heterocycles. The van der Waals surface area contributed by atoms with Gasteiger partial charge in [-0.15, -0.1) is 0 Å². The molecule has 144 valence electrons. The average Bonchev–Trinajstić information content (AvgIpc) is 3.29. The Morgan fingerprint density at radius 1 is 1.00 bits per heavy atom. The molecule has 4 atom stereocenters. The predicted molar refractivity (Wildman–Crippen MR) is 109 cm³/mol. The van der Waals surface area contributed by atoms with Gasteiger partial charge in [-0.3, -0.25) is 9.59 Å². The van der Waals surface area contributed by atoms with Crippen LogP contribution in [0.4, 0.5) is 5.69 Å². The Morgan fingerprint density at radius 2 is 1.71 bits per heavy atom. The van der Waals surface area contributed by atoms with Gasteiger partial charge in [0, 0.05) is 21.3 Å². The van der Waals surface area contributed by atoms with Crippen molar-refractivity contribution in [3.63, 3.8) is 0 Å². The summed E-state index contributed by atoms with van der Waals surface area (Å²) in [6.07, 6.45) is 4.98. The number of hydrogen-bond donors (Lipinski definition) is 1. The van der Waals surface area contributed by atoms with Crippen LogP contribution in [-0.4, -0.2) is 11.9 Å². The molecule has 4 rings (SSSR count). The van der Waals surface area contributed by atoms with Gasteiger partial charge in [0.15, 0.2) is 0 Å². The van der Waals surface area contributed by atoms with Gasteiger partial charge in [0.25, 0.3) is 5.91 Å². The molecule has 6 heteroatoms. The number of nitrogens with one attached hydrogen (secondary N) is 1. The molecule has 2 aliphatic carbocycles. The highest BCUT2D eigenvalue weighted by Crippen LogP contribution is 2.44. The van der Waals surface area contributed by atoms with Gasteiger partial charge >= 0.3 is 5.97 Å². The zero-order valence-corrected chi connectivity index (χ0v) is 16.5. The van der Waals surface area contributed by atoms with Crippen LogP contribution in [0.25, 0.3) is 0 Å². The Balaban J connectivity index is 1.54. The first-order valence-electron chi connectivity index (χ1n) is 9.20. The summed E-state index contributed by atoms with van der Waals surface area (Å²) in [7, 11) is 0. The highest BCUT2D eigenvalue weighted by molar-refractivity contribution is 6.35. The van der Waals surface area contributed by atoms with E-state index in [1.165, 1.54) is 0 Å². The van der Waals surface area contributed by atoms with Gasteiger partial charge < -0.3 is 10.1 Å². The van der Waals surface area contributed by atoms with E-state index in [2.05, 4.69) is 17.5 Å². The van der Waals surface area contributed by atoms with Crippen LogP contribution in [0.5, 0.6) is 0 Å². The molecule has 4 unspecified atom stereocenters. The zero-order chi connectivity index (χ0) is 19.7. The first-order chi connectivity index (χ1) is 13.5. The van der Waals surface area contributed by atoms with Crippen LogP contribution >= 0.6 is 23.2 Å².